The van der Waals surface area contributed by atoms with E-state index in [1.807, 2.05) is 60.5 Å². The summed E-state index contributed by atoms with van der Waals surface area (Å²) in [7, 11) is 1.90. The molecule has 112 valence electrons. The predicted molar refractivity (Wildman–Crippen MR) is 89.5 cm³/mol. The molecule has 5 heteroatoms. The average molecular weight is 311 g/mol. The molecule has 2 N–H and O–H groups in total. The number of carbonyl (C=O) groups is 1. The monoisotopic (exact) mass is 311 g/mol. The maximum Gasteiger partial charge on any atom is 0.239 e. The first kappa shape index (κ1) is 14.7. The Hall–Kier alpha value is -2.24. The molecule has 4 nitrogen and oxygen atoms in total. The molecule has 3 aromatic rings. The maximum absolute atomic E-state index is 11.9. The third-order valence-electron chi connectivity index (χ3n) is 3.55. The van der Waals surface area contributed by atoms with Crippen LogP contribution in [0.1, 0.15) is 16.6 Å². The van der Waals surface area contributed by atoms with Crippen molar-refractivity contribution in [2.75, 3.05) is 7.05 Å². The number of benzene rings is 2. The summed E-state index contributed by atoms with van der Waals surface area (Å²) in [6, 6.07) is 17.2. The molecule has 0 aliphatic carbocycles. The molecule has 0 bridgehead atoms. The number of hydrogen-bond donors (Lipinski definition) is 1. The topological polar surface area (TPSA) is 59.2 Å². The van der Waals surface area contributed by atoms with Gasteiger partial charge in [0.15, 0.2) is 0 Å². The minimum Gasteiger partial charge on any atom is -0.368 e. The van der Waals surface area contributed by atoms with Gasteiger partial charge in [-0.05, 0) is 24.7 Å². The van der Waals surface area contributed by atoms with Gasteiger partial charge in [-0.15, -0.1) is 11.3 Å². The number of aromatic nitrogens is 1. The van der Waals surface area contributed by atoms with Crippen LogP contribution in [0.15, 0.2) is 54.6 Å². The lowest BCUT2D eigenvalue weighted by molar-refractivity contribution is -0.123. The summed E-state index contributed by atoms with van der Waals surface area (Å²) < 4.78 is 1.15. The van der Waals surface area contributed by atoms with E-state index in [0.717, 1.165) is 20.8 Å². The molecule has 1 heterocycles. The molecule has 22 heavy (non-hydrogen) atoms. The van der Waals surface area contributed by atoms with Gasteiger partial charge >= 0.3 is 0 Å². The lowest BCUT2D eigenvalue weighted by Crippen LogP contribution is -2.34. The van der Waals surface area contributed by atoms with Crippen LogP contribution in [0.3, 0.4) is 0 Å². The van der Waals surface area contributed by atoms with E-state index in [-0.39, 0.29) is 5.91 Å². The SMILES string of the molecule is CN(Cc1nc2ccccc2s1)C(C(N)=O)c1ccccc1. The molecular formula is C17H17N3OS. The summed E-state index contributed by atoms with van der Waals surface area (Å²) in [5.74, 6) is -0.352. The fourth-order valence-corrected chi connectivity index (χ4v) is 3.59. The zero-order valence-corrected chi connectivity index (χ0v) is 13.1. The Morgan fingerprint density at radius 2 is 1.86 bits per heavy atom. The molecule has 0 fully saturated rings. The van der Waals surface area contributed by atoms with Crippen LogP contribution in [0.4, 0.5) is 0 Å². The number of carbonyl (C=O) groups excluding carboxylic acids is 1. The van der Waals surface area contributed by atoms with Gasteiger partial charge in [-0.3, -0.25) is 9.69 Å². The third kappa shape index (κ3) is 3.00. The fourth-order valence-electron chi connectivity index (χ4n) is 2.56. The number of fused-ring (bicyclic) bond motifs is 1. The highest BCUT2D eigenvalue weighted by atomic mass is 32.1. The van der Waals surface area contributed by atoms with E-state index < -0.39 is 6.04 Å². The minimum atomic E-state index is -0.451. The van der Waals surface area contributed by atoms with Crippen LogP contribution in [0, 0.1) is 0 Å². The summed E-state index contributed by atoms with van der Waals surface area (Å²) in [6.45, 7) is 0.585. The van der Waals surface area contributed by atoms with E-state index >= 15 is 0 Å². The van der Waals surface area contributed by atoms with Crippen LogP contribution in [0.2, 0.25) is 0 Å². The van der Waals surface area contributed by atoms with Gasteiger partial charge in [0.2, 0.25) is 5.91 Å². The standard InChI is InChI=1S/C17H17N3OS/c1-20(16(17(18)21)12-7-3-2-4-8-12)11-15-19-13-9-5-6-10-14(13)22-15/h2-10,16H,11H2,1H3,(H2,18,21). The number of likely N-dealkylation sites (N-methyl/N-ethyl adjacent to an activating group) is 1. The number of primary amides is 1. The van der Waals surface area contributed by atoms with Crippen LogP contribution < -0.4 is 5.73 Å². The number of nitrogens with zero attached hydrogens (tertiary/aromatic N) is 2. The van der Waals surface area contributed by atoms with Gasteiger partial charge in [0.25, 0.3) is 0 Å². The van der Waals surface area contributed by atoms with Crippen molar-refractivity contribution < 1.29 is 4.79 Å². The molecule has 0 saturated carbocycles. The molecule has 0 saturated heterocycles. The third-order valence-corrected chi connectivity index (χ3v) is 4.57. The Bertz CT molecular complexity index is 752. The van der Waals surface area contributed by atoms with Crippen molar-refractivity contribution in [2.24, 2.45) is 5.73 Å². The van der Waals surface area contributed by atoms with E-state index in [1.165, 1.54) is 0 Å². The Morgan fingerprint density at radius 1 is 1.18 bits per heavy atom. The Morgan fingerprint density at radius 3 is 2.55 bits per heavy atom. The molecule has 1 amide bonds. The quantitative estimate of drug-likeness (QED) is 0.788. The predicted octanol–water partition coefficient (Wildman–Crippen LogP) is 2.95. The molecule has 0 aliphatic rings. The molecule has 0 radical (unpaired) electrons. The van der Waals surface area contributed by atoms with Crippen molar-refractivity contribution in [2.45, 2.75) is 12.6 Å². The second kappa shape index (κ2) is 6.25. The highest BCUT2D eigenvalue weighted by molar-refractivity contribution is 7.18. The Balaban J connectivity index is 1.85. The first-order valence-corrected chi connectivity index (χ1v) is 7.86. The van der Waals surface area contributed by atoms with Crippen LogP contribution in [-0.2, 0) is 11.3 Å². The van der Waals surface area contributed by atoms with Crippen molar-refractivity contribution in [1.29, 1.82) is 0 Å². The van der Waals surface area contributed by atoms with Crippen molar-refractivity contribution >= 4 is 27.5 Å². The van der Waals surface area contributed by atoms with E-state index in [1.54, 1.807) is 11.3 Å². The molecule has 0 spiro atoms. The number of para-hydroxylation sites is 1. The molecule has 2 aromatic carbocycles. The normalized spacial score (nSPS) is 12.6. The van der Waals surface area contributed by atoms with Crippen LogP contribution in [-0.4, -0.2) is 22.8 Å². The molecule has 1 aromatic heterocycles. The molecule has 3 rings (SSSR count). The van der Waals surface area contributed by atoms with Crippen molar-refractivity contribution in [3.05, 3.63) is 65.2 Å². The summed E-state index contributed by atoms with van der Waals surface area (Å²) in [4.78, 5) is 18.4. The van der Waals surface area contributed by atoms with Crippen molar-refractivity contribution in [3.8, 4) is 0 Å². The lowest BCUT2D eigenvalue weighted by atomic mass is 10.1. The smallest absolute Gasteiger partial charge is 0.239 e. The number of hydrogen-bond acceptors (Lipinski definition) is 4. The van der Waals surface area contributed by atoms with Crippen LogP contribution in [0.25, 0.3) is 10.2 Å². The van der Waals surface area contributed by atoms with Crippen LogP contribution in [0.5, 0.6) is 0 Å². The maximum atomic E-state index is 11.9. The van der Waals surface area contributed by atoms with Gasteiger partial charge in [0, 0.05) is 0 Å². The number of rotatable bonds is 5. The summed E-state index contributed by atoms with van der Waals surface area (Å²) >= 11 is 1.65. The van der Waals surface area contributed by atoms with E-state index in [2.05, 4.69) is 11.1 Å². The molecule has 0 aliphatic heterocycles. The summed E-state index contributed by atoms with van der Waals surface area (Å²) in [5, 5.41) is 0.978. The zero-order valence-electron chi connectivity index (χ0n) is 12.3. The summed E-state index contributed by atoms with van der Waals surface area (Å²) in [6.07, 6.45) is 0. The van der Waals surface area contributed by atoms with Gasteiger partial charge in [-0.1, -0.05) is 42.5 Å². The largest absolute Gasteiger partial charge is 0.368 e. The molecular weight excluding hydrogens is 294 g/mol. The van der Waals surface area contributed by atoms with Gasteiger partial charge in [0.1, 0.15) is 11.0 Å². The second-order valence-corrected chi connectivity index (χ2v) is 6.32. The zero-order chi connectivity index (χ0) is 15.5. The Labute approximate surface area is 133 Å². The van der Waals surface area contributed by atoms with Crippen molar-refractivity contribution in [3.63, 3.8) is 0 Å². The second-order valence-electron chi connectivity index (χ2n) is 5.21. The first-order chi connectivity index (χ1) is 10.6. The summed E-state index contributed by atoms with van der Waals surface area (Å²) in [5.41, 5.74) is 7.49. The van der Waals surface area contributed by atoms with Crippen LogP contribution >= 0.6 is 11.3 Å². The van der Waals surface area contributed by atoms with Gasteiger partial charge < -0.3 is 5.73 Å². The average Bonchev–Trinajstić information content (AvgIpc) is 2.90. The van der Waals surface area contributed by atoms with E-state index in [0.29, 0.717) is 6.54 Å². The number of thiazole rings is 1. The highest BCUT2D eigenvalue weighted by Crippen LogP contribution is 2.26. The first-order valence-electron chi connectivity index (χ1n) is 7.04. The molecule has 1 unspecified atom stereocenters. The highest BCUT2D eigenvalue weighted by Gasteiger charge is 2.23. The molecule has 1 atom stereocenters. The number of amides is 1. The number of nitrogens with two attached hydrogens (primary N) is 1. The van der Waals surface area contributed by atoms with Gasteiger partial charge in [-0.2, -0.15) is 0 Å². The van der Waals surface area contributed by atoms with E-state index in [9.17, 15) is 4.79 Å². The Kier molecular flexibility index (Phi) is 4.18. The lowest BCUT2D eigenvalue weighted by Gasteiger charge is -2.24. The fraction of sp³-hybridized carbons (Fsp3) is 0.176. The minimum absolute atomic E-state index is 0.352. The van der Waals surface area contributed by atoms with Gasteiger partial charge in [-0.25, -0.2) is 4.98 Å². The van der Waals surface area contributed by atoms with E-state index in [4.69, 9.17) is 5.73 Å². The van der Waals surface area contributed by atoms with Crippen molar-refractivity contribution in [1.82, 2.24) is 9.88 Å². The van der Waals surface area contributed by atoms with Gasteiger partial charge in [0.05, 0.1) is 16.8 Å².